The molecule has 104 valence electrons. The summed E-state index contributed by atoms with van der Waals surface area (Å²) in [6, 6.07) is 6.26. The first-order chi connectivity index (χ1) is 8.97. The SMILES string of the molecule is Cc1ccc(CC(=O)N2CCC(Cl)C(C)C2)cc1C. The third kappa shape index (κ3) is 3.50. The maximum Gasteiger partial charge on any atom is 0.227 e. The second-order valence-electron chi connectivity index (χ2n) is 5.72. The molecule has 1 saturated heterocycles. The number of piperidine rings is 1. The van der Waals surface area contributed by atoms with Gasteiger partial charge in [0.1, 0.15) is 0 Å². The lowest BCUT2D eigenvalue weighted by atomic mass is 9.98. The molecule has 19 heavy (non-hydrogen) atoms. The number of benzene rings is 1. The van der Waals surface area contributed by atoms with Crippen LogP contribution in [0.1, 0.15) is 30.0 Å². The largest absolute Gasteiger partial charge is 0.342 e. The first-order valence-electron chi connectivity index (χ1n) is 6.95. The average Bonchev–Trinajstić information content (AvgIpc) is 2.37. The molecule has 2 atom stereocenters. The Hall–Kier alpha value is -1.02. The maximum absolute atomic E-state index is 12.3. The molecule has 0 N–H and O–H groups in total. The standard InChI is InChI=1S/C16H22ClNO/c1-11-4-5-14(8-12(11)2)9-16(19)18-7-6-15(17)13(3)10-18/h4-5,8,13,15H,6-7,9-10H2,1-3H3. The zero-order valence-electron chi connectivity index (χ0n) is 11.9. The molecule has 3 heteroatoms. The zero-order valence-corrected chi connectivity index (χ0v) is 12.7. The molecular weight excluding hydrogens is 258 g/mol. The summed E-state index contributed by atoms with van der Waals surface area (Å²) < 4.78 is 0. The molecule has 0 spiro atoms. The lowest BCUT2D eigenvalue weighted by Crippen LogP contribution is -2.44. The van der Waals surface area contributed by atoms with E-state index in [4.69, 9.17) is 11.6 Å². The van der Waals surface area contributed by atoms with Crippen LogP contribution in [0.4, 0.5) is 0 Å². The summed E-state index contributed by atoms with van der Waals surface area (Å²) in [5, 5.41) is 0.214. The van der Waals surface area contributed by atoms with Crippen molar-refractivity contribution in [3.63, 3.8) is 0 Å². The third-order valence-electron chi connectivity index (χ3n) is 4.08. The van der Waals surface area contributed by atoms with Crippen LogP contribution in [0.5, 0.6) is 0 Å². The summed E-state index contributed by atoms with van der Waals surface area (Å²) in [6.07, 6.45) is 1.40. The van der Waals surface area contributed by atoms with Crippen molar-refractivity contribution in [2.45, 2.75) is 39.0 Å². The number of likely N-dealkylation sites (tertiary alicyclic amines) is 1. The number of carbonyl (C=O) groups is 1. The number of alkyl halides is 1. The lowest BCUT2D eigenvalue weighted by Gasteiger charge is -2.34. The molecular formula is C16H22ClNO. The smallest absolute Gasteiger partial charge is 0.227 e. The normalized spacial score (nSPS) is 23.5. The van der Waals surface area contributed by atoms with Crippen molar-refractivity contribution in [2.75, 3.05) is 13.1 Å². The molecule has 2 rings (SSSR count). The molecule has 2 unspecified atom stereocenters. The van der Waals surface area contributed by atoms with Crippen LogP contribution in [0.2, 0.25) is 0 Å². The Morgan fingerprint density at radius 1 is 1.37 bits per heavy atom. The van der Waals surface area contributed by atoms with Crippen LogP contribution in [0.25, 0.3) is 0 Å². The number of carbonyl (C=O) groups excluding carboxylic acids is 1. The molecule has 1 aromatic carbocycles. The van der Waals surface area contributed by atoms with Crippen molar-refractivity contribution in [1.82, 2.24) is 4.90 Å². The summed E-state index contributed by atoms with van der Waals surface area (Å²) >= 11 is 6.20. The molecule has 1 heterocycles. The van der Waals surface area contributed by atoms with Gasteiger partial charge in [-0.1, -0.05) is 25.1 Å². The van der Waals surface area contributed by atoms with E-state index in [9.17, 15) is 4.79 Å². The van der Waals surface area contributed by atoms with Crippen LogP contribution < -0.4 is 0 Å². The quantitative estimate of drug-likeness (QED) is 0.761. The van der Waals surface area contributed by atoms with Gasteiger partial charge in [0.05, 0.1) is 6.42 Å². The minimum atomic E-state index is 0.214. The summed E-state index contributed by atoms with van der Waals surface area (Å²) in [4.78, 5) is 14.3. The first-order valence-corrected chi connectivity index (χ1v) is 7.39. The van der Waals surface area contributed by atoms with E-state index < -0.39 is 0 Å². The predicted molar refractivity (Wildman–Crippen MR) is 79.6 cm³/mol. The highest BCUT2D eigenvalue weighted by molar-refractivity contribution is 6.20. The van der Waals surface area contributed by atoms with Gasteiger partial charge >= 0.3 is 0 Å². The van der Waals surface area contributed by atoms with E-state index in [-0.39, 0.29) is 11.3 Å². The Kier molecular flexibility index (Phi) is 4.51. The van der Waals surface area contributed by atoms with Gasteiger partial charge in [-0.25, -0.2) is 0 Å². The molecule has 2 nitrogen and oxygen atoms in total. The van der Waals surface area contributed by atoms with Gasteiger partial charge < -0.3 is 4.90 Å². The number of rotatable bonds is 2. The van der Waals surface area contributed by atoms with Crippen molar-refractivity contribution < 1.29 is 4.79 Å². The Morgan fingerprint density at radius 2 is 2.11 bits per heavy atom. The van der Waals surface area contributed by atoms with E-state index in [0.29, 0.717) is 12.3 Å². The Morgan fingerprint density at radius 3 is 2.74 bits per heavy atom. The fourth-order valence-electron chi connectivity index (χ4n) is 2.54. The average molecular weight is 280 g/mol. The molecule has 1 aromatic rings. The molecule has 0 aliphatic carbocycles. The van der Waals surface area contributed by atoms with Gasteiger partial charge in [0.25, 0.3) is 0 Å². The van der Waals surface area contributed by atoms with Crippen molar-refractivity contribution >= 4 is 17.5 Å². The molecule has 0 radical (unpaired) electrons. The van der Waals surface area contributed by atoms with Gasteiger partial charge in [-0.05, 0) is 42.9 Å². The Labute approximate surface area is 120 Å². The zero-order chi connectivity index (χ0) is 14.0. The van der Waals surface area contributed by atoms with Crippen LogP contribution in [-0.4, -0.2) is 29.3 Å². The summed E-state index contributed by atoms with van der Waals surface area (Å²) in [7, 11) is 0. The summed E-state index contributed by atoms with van der Waals surface area (Å²) in [6.45, 7) is 7.88. The number of aryl methyl sites for hydroxylation is 2. The second-order valence-corrected chi connectivity index (χ2v) is 6.28. The van der Waals surface area contributed by atoms with E-state index in [1.165, 1.54) is 11.1 Å². The molecule has 1 aliphatic heterocycles. The van der Waals surface area contributed by atoms with E-state index in [0.717, 1.165) is 25.1 Å². The fourth-order valence-corrected chi connectivity index (χ4v) is 2.72. The van der Waals surface area contributed by atoms with Crippen LogP contribution in [0.3, 0.4) is 0 Å². The van der Waals surface area contributed by atoms with Crippen molar-refractivity contribution in [3.8, 4) is 0 Å². The van der Waals surface area contributed by atoms with E-state index in [1.54, 1.807) is 0 Å². The molecule has 0 aromatic heterocycles. The highest BCUT2D eigenvalue weighted by atomic mass is 35.5. The topological polar surface area (TPSA) is 20.3 Å². The van der Waals surface area contributed by atoms with Gasteiger partial charge in [0.2, 0.25) is 5.91 Å². The summed E-state index contributed by atoms with van der Waals surface area (Å²) in [5.74, 6) is 0.609. The minimum absolute atomic E-state index is 0.214. The molecule has 1 amide bonds. The monoisotopic (exact) mass is 279 g/mol. The van der Waals surface area contributed by atoms with Gasteiger partial charge in [-0.3, -0.25) is 4.79 Å². The molecule has 0 bridgehead atoms. The van der Waals surface area contributed by atoms with E-state index in [1.807, 2.05) is 4.90 Å². The van der Waals surface area contributed by atoms with Gasteiger partial charge in [0.15, 0.2) is 0 Å². The van der Waals surface area contributed by atoms with Gasteiger partial charge in [-0.2, -0.15) is 0 Å². The van der Waals surface area contributed by atoms with Crippen LogP contribution in [-0.2, 0) is 11.2 Å². The number of halogens is 1. The highest BCUT2D eigenvalue weighted by Gasteiger charge is 2.27. The van der Waals surface area contributed by atoms with Crippen molar-refractivity contribution in [3.05, 3.63) is 34.9 Å². The second kappa shape index (κ2) is 5.96. The Balaban J connectivity index is 1.99. The summed E-state index contributed by atoms with van der Waals surface area (Å²) in [5.41, 5.74) is 3.62. The molecule has 0 saturated carbocycles. The first kappa shape index (κ1) is 14.4. The number of amides is 1. The Bertz CT molecular complexity index is 472. The van der Waals surface area contributed by atoms with Crippen LogP contribution in [0, 0.1) is 19.8 Å². The lowest BCUT2D eigenvalue weighted by molar-refractivity contribution is -0.132. The molecule has 1 aliphatic rings. The third-order valence-corrected chi connectivity index (χ3v) is 4.73. The maximum atomic E-state index is 12.3. The van der Waals surface area contributed by atoms with Crippen molar-refractivity contribution in [2.24, 2.45) is 5.92 Å². The van der Waals surface area contributed by atoms with Crippen LogP contribution >= 0.6 is 11.6 Å². The minimum Gasteiger partial charge on any atom is -0.342 e. The van der Waals surface area contributed by atoms with Crippen LogP contribution in [0.15, 0.2) is 18.2 Å². The van der Waals surface area contributed by atoms with Crippen molar-refractivity contribution in [1.29, 1.82) is 0 Å². The number of nitrogens with zero attached hydrogens (tertiary/aromatic N) is 1. The fraction of sp³-hybridized carbons (Fsp3) is 0.562. The molecule has 1 fully saturated rings. The van der Waals surface area contributed by atoms with E-state index >= 15 is 0 Å². The van der Waals surface area contributed by atoms with E-state index in [2.05, 4.69) is 39.0 Å². The number of hydrogen-bond donors (Lipinski definition) is 0. The predicted octanol–water partition coefficient (Wildman–Crippen LogP) is 3.32. The number of hydrogen-bond acceptors (Lipinski definition) is 1. The highest BCUT2D eigenvalue weighted by Crippen LogP contribution is 2.22. The van der Waals surface area contributed by atoms with Gasteiger partial charge in [0, 0.05) is 18.5 Å². The van der Waals surface area contributed by atoms with Gasteiger partial charge in [-0.15, -0.1) is 11.6 Å².